The fraction of sp³-hybridized carbons (Fsp3) is 0.120. The average molecular weight is 398 g/mol. The summed E-state index contributed by atoms with van der Waals surface area (Å²) in [6.07, 6.45) is 0. The van der Waals surface area contributed by atoms with E-state index in [0.29, 0.717) is 22.7 Å². The largest absolute Gasteiger partial charge is 0.497 e. The van der Waals surface area contributed by atoms with Gasteiger partial charge in [-0.3, -0.25) is 4.79 Å². The van der Waals surface area contributed by atoms with Crippen molar-refractivity contribution in [2.45, 2.75) is 6.92 Å². The number of anilines is 1. The normalized spacial score (nSPS) is 10.6. The lowest BCUT2D eigenvalue weighted by Crippen LogP contribution is -2.13. The van der Waals surface area contributed by atoms with Crippen molar-refractivity contribution in [3.8, 4) is 22.8 Å². The van der Waals surface area contributed by atoms with Crippen molar-refractivity contribution in [3.63, 3.8) is 0 Å². The molecule has 3 aromatic carbocycles. The van der Waals surface area contributed by atoms with Crippen LogP contribution in [0.3, 0.4) is 0 Å². The van der Waals surface area contributed by atoms with E-state index in [4.69, 9.17) is 14.5 Å². The Balaban J connectivity index is 1.80. The van der Waals surface area contributed by atoms with Gasteiger partial charge in [-0.05, 0) is 25.1 Å². The summed E-state index contributed by atoms with van der Waals surface area (Å²) in [7, 11) is 3.15. The number of hydrogen-bond donors (Lipinski definition) is 1. The molecule has 0 spiro atoms. The molecule has 150 valence electrons. The van der Waals surface area contributed by atoms with E-state index in [0.717, 1.165) is 27.7 Å². The Labute approximate surface area is 175 Å². The molecule has 0 aliphatic rings. The summed E-state index contributed by atoms with van der Waals surface area (Å²) in [5.74, 6) is 0.982. The molecule has 4 aromatic rings. The summed E-state index contributed by atoms with van der Waals surface area (Å²) in [4.78, 5) is 18.1. The second-order valence-corrected chi connectivity index (χ2v) is 7.00. The molecule has 0 aliphatic heterocycles. The maximum atomic E-state index is 13.3. The van der Waals surface area contributed by atoms with Crippen LogP contribution in [0.5, 0.6) is 11.5 Å². The first-order valence-corrected chi connectivity index (χ1v) is 9.58. The highest BCUT2D eigenvalue weighted by Gasteiger charge is 2.15. The molecule has 0 aliphatic carbocycles. The summed E-state index contributed by atoms with van der Waals surface area (Å²) < 4.78 is 10.6. The third kappa shape index (κ3) is 3.96. The van der Waals surface area contributed by atoms with Gasteiger partial charge in [0.2, 0.25) is 0 Å². The van der Waals surface area contributed by atoms with Crippen molar-refractivity contribution in [1.82, 2.24) is 4.98 Å². The molecule has 0 saturated carbocycles. The maximum Gasteiger partial charge on any atom is 0.256 e. The Morgan fingerprint density at radius 1 is 0.867 bits per heavy atom. The Hall–Kier alpha value is -3.86. The van der Waals surface area contributed by atoms with E-state index in [1.54, 1.807) is 32.4 Å². The number of methoxy groups -OCH3 is 2. The first kappa shape index (κ1) is 19.5. The number of hydrogen-bond acceptors (Lipinski definition) is 4. The van der Waals surface area contributed by atoms with E-state index in [-0.39, 0.29) is 5.91 Å². The van der Waals surface area contributed by atoms with Crippen molar-refractivity contribution in [3.05, 3.63) is 83.9 Å². The molecule has 1 aromatic heterocycles. The fourth-order valence-electron chi connectivity index (χ4n) is 3.36. The molecule has 5 heteroatoms. The van der Waals surface area contributed by atoms with Crippen LogP contribution in [-0.2, 0) is 0 Å². The van der Waals surface area contributed by atoms with Crippen LogP contribution in [-0.4, -0.2) is 25.1 Å². The molecular formula is C25H22N2O3. The second kappa shape index (κ2) is 8.25. The van der Waals surface area contributed by atoms with Crippen molar-refractivity contribution in [2.24, 2.45) is 0 Å². The van der Waals surface area contributed by atoms with Gasteiger partial charge in [0.25, 0.3) is 5.91 Å². The molecule has 5 nitrogen and oxygen atoms in total. The van der Waals surface area contributed by atoms with Crippen LogP contribution in [0.4, 0.5) is 5.69 Å². The van der Waals surface area contributed by atoms with Crippen molar-refractivity contribution < 1.29 is 14.3 Å². The number of rotatable bonds is 5. The lowest BCUT2D eigenvalue weighted by atomic mass is 10.0. The molecule has 1 N–H and O–H groups in total. The van der Waals surface area contributed by atoms with E-state index in [1.807, 2.05) is 61.5 Å². The number of carbonyl (C=O) groups excluding carboxylic acids is 1. The zero-order valence-electron chi connectivity index (χ0n) is 17.1. The van der Waals surface area contributed by atoms with Crippen LogP contribution < -0.4 is 14.8 Å². The second-order valence-electron chi connectivity index (χ2n) is 7.00. The van der Waals surface area contributed by atoms with Gasteiger partial charge in [-0.2, -0.15) is 0 Å². The number of benzene rings is 3. The smallest absolute Gasteiger partial charge is 0.256 e. The van der Waals surface area contributed by atoms with Gasteiger partial charge in [0.15, 0.2) is 0 Å². The van der Waals surface area contributed by atoms with Crippen LogP contribution in [0.15, 0.2) is 72.8 Å². The van der Waals surface area contributed by atoms with E-state index in [2.05, 4.69) is 5.32 Å². The molecule has 0 bridgehead atoms. The SMILES string of the molecule is COc1cc(NC(=O)c2cc(-c3ccccc3)nc3ccc(C)cc23)cc(OC)c1. The third-order valence-corrected chi connectivity index (χ3v) is 4.89. The monoisotopic (exact) mass is 398 g/mol. The predicted octanol–water partition coefficient (Wildman–Crippen LogP) is 5.48. The highest BCUT2D eigenvalue weighted by atomic mass is 16.5. The highest BCUT2D eigenvalue weighted by Crippen LogP contribution is 2.29. The van der Waals surface area contributed by atoms with Gasteiger partial charge in [-0.15, -0.1) is 0 Å². The third-order valence-electron chi connectivity index (χ3n) is 4.89. The molecule has 30 heavy (non-hydrogen) atoms. The Morgan fingerprint density at radius 3 is 2.23 bits per heavy atom. The minimum absolute atomic E-state index is 0.222. The van der Waals surface area contributed by atoms with Gasteiger partial charge >= 0.3 is 0 Å². The number of fused-ring (bicyclic) bond motifs is 1. The minimum atomic E-state index is -0.222. The highest BCUT2D eigenvalue weighted by molar-refractivity contribution is 6.13. The van der Waals surface area contributed by atoms with E-state index in [9.17, 15) is 4.79 Å². The number of pyridine rings is 1. The molecule has 0 unspecified atom stereocenters. The lowest BCUT2D eigenvalue weighted by Gasteiger charge is -2.13. The number of nitrogens with zero attached hydrogens (tertiary/aromatic N) is 1. The van der Waals surface area contributed by atoms with Gasteiger partial charge < -0.3 is 14.8 Å². The van der Waals surface area contributed by atoms with Gasteiger partial charge in [-0.25, -0.2) is 4.98 Å². The van der Waals surface area contributed by atoms with Crippen LogP contribution in [0.1, 0.15) is 15.9 Å². The first-order chi connectivity index (χ1) is 14.6. The van der Waals surface area contributed by atoms with Crippen molar-refractivity contribution >= 4 is 22.5 Å². The first-order valence-electron chi connectivity index (χ1n) is 9.58. The molecule has 1 amide bonds. The number of carbonyl (C=O) groups is 1. The molecule has 0 fully saturated rings. The Bertz CT molecular complexity index is 1200. The Kier molecular flexibility index (Phi) is 5.35. The summed E-state index contributed by atoms with van der Waals surface area (Å²) in [6.45, 7) is 2.00. The zero-order valence-corrected chi connectivity index (χ0v) is 17.1. The predicted molar refractivity (Wildman–Crippen MR) is 119 cm³/mol. The van der Waals surface area contributed by atoms with Crippen LogP contribution >= 0.6 is 0 Å². The quantitative estimate of drug-likeness (QED) is 0.484. The molecule has 0 atom stereocenters. The maximum absolute atomic E-state index is 13.3. The van der Waals surface area contributed by atoms with Gasteiger partial charge in [0, 0.05) is 34.8 Å². The van der Waals surface area contributed by atoms with Gasteiger partial charge in [0.05, 0.1) is 31.0 Å². The molecule has 1 heterocycles. The summed E-state index contributed by atoms with van der Waals surface area (Å²) in [5.41, 5.74) is 4.70. The van der Waals surface area contributed by atoms with Crippen LogP contribution in [0.25, 0.3) is 22.2 Å². The standard InChI is InChI=1S/C25H22N2O3/c1-16-9-10-23-21(11-16)22(15-24(27-23)17-7-5-4-6-8-17)25(28)26-18-12-19(29-2)14-20(13-18)30-3/h4-15H,1-3H3,(H,26,28). The van der Waals surface area contributed by atoms with Gasteiger partial charge in [-0.1, -0.05) is 42.0 Å². The topological polar surface area (TPSA) is 60.5 Å². The zero-order chi connectivity index (χ0) is 21.1. The number of aromatic nitrogens is 1. The number of ether oxygens (including phenoxy) is 2. The van der Waals surface area contributed by atoms with Gasteiger partial charge in [0.1, 0.15) is 11.5 Å². The summed E-state index contributed by atoms with van der Waals surface area (Å²) in [6, 6.07) is 22.9. The van der Waals surface area contributed by atoms with E-state index in [1.165, 1.54) is 0 Å². The van der Waals surface area contributed by atoms with Crippen molar-refractivity contribution in [2.75, 3.05) is 19.5 Å². The number of amides is 1. The van der Waals surface area contributed by atoms with E-state index < -0.39 is 0 Å². The number of nitrogens with one attached hydrogen (secondary N) is 1. The summed E-state index contributed by atoms with van der Waals surface area (Å²) in [5, 5.41) is 3.78. The van der Waals surface area contributed by atoms with Crippen LogP contribution in [0, 0.1) is 6.92 Å². The fourth-order valence-corrected chi connectivity index (χ4v) is 3.36. The number of aryl methyl sites for hydroxylation is 1. The molecular weight excluding hydrogens is 376 g/mol. The minimum Gasteiger partial charge on any atom is -0.497 e. The van der Waals surface area contributed by atoms with Crippen LogP contribution in [0.2, 0.25) is 0 Å². The lowest BCUT2D eigenvalue weighted by molar-refractivity contribution is 0.102. The van der Waals surface area contributed by atoms with E-state index >= 15 is 0 Å². The molecule has 0 saturated heterocycles. The molecule has 4 rings (SSSR count). The average Bonchev–Trinajstić information content (AvgIpc) is 2.78. The summed E-state index contributed by atoms with van der Waals surface area (Å²) >= 11 is 0. The molecule has 0 radical (unpaired) electrons. The Morgan fingerprint density at radius 2 is 1.57 bits per heavy atom. The van der Waals surface area contributed by atoms with Crippen molar-refractivity contribution in [1.29, 1.82) is 0 Å².